The number of halogens is 1. The average Bonchev–Trinajstić information content (AvgIpc) is 3.11. The molecule has 8 heteroatoms. The Morgan fingerprint density at radius 3 is 2.58 bits per heavy atom. The molecule has 1 aliphatic rings. The van der Waals surface area contributed by atoms with Gasteiger partial charge in [0.05, 0.1) is 13.1 Å². The van der Waals surface area contributed by atoms with Gasteiger partial charge in [0.2, 0.25) is 17.7 Å². The zero-order valence-electron chi connectivity index (χ0n) is 14.5. The number of amides is 1. The summed E-state index contributed by atoms with van der Waals surface area (Å²) in [7, 11) is 0. The van der Waals surface area contributed by atoms with Gasteiger partial charge in [0.1, 0.15) is 0 Å². The van der Waals surface area contributed by atoms with Crippen molar-refractivity contribution < 1.29 is 9.21 Å². The lowest BCUT2D eigenvalue weighted by molar-refractivity contribution is -0.122. The molecule has 0 unspecified atom stereocenters. The summed E-state index contributed by atoms with van der Waals surface area (Å²) in [6, 6.07) is 7.31. The van der Waals surface area contributed by atoms with Crippen LogP contribution in [-0.4, -0.2) is 65.2 Å². The lowest BCUT2D eigenvalue weighted by Gasteiger charge is -2.33. The van der Waals surface area contributed by atoms with Gasteiger partial charge in [-0.1, -0.05) is 17.7 Å². The van der Waals surface area contributed by atoms with Crippen molar-refractivity contribution in [3.63, 3.8) is 0 Å². The van der Waals surface area contributed by atoms with E-state index in [0.29, 0.717) is 36.4 Å². The summed E-state index contributed by atoms with van der Waals surface area (Å²) < 4.78 is 5.75. The highest BCUT2D eigenvalue weighted by Gasteiger charge is 2.20. The largest absolute Gasteiger partial charge is 0.419 e. The molecule has 1 amide bonds. The van der Waals surface area contributed by atoms with E-state index in [1.54, 1.807) is 18.2 Å². The van der Waals surface area contributed by atoms with E-state index in [4.69, 9.17) is 16.0 Å². The Bertz CT molecular complexity index is 738. The second-order valence-corrected chi connectivity index (χ2v) is 6.59. The van der Waals surface area contributed by atoms with Crippen LogP contribution in [0.5, 0.6) is 0 Å². The van der Waals surface area contributed by atoms with Crippen molar-refractivity contribution in [2.75, 3.05) is 39.3 Å². The summed E-state index contributed by atoms with van der Waals surface area (Å²) in [6.45, 7) is 8.50. The van der Waals surface area contributed by atoms with Gasteiger partial charge in [-0.2, -0.15) is 0 Å². The van der Waals surface area contributed by atoms with E-state index < -0.39 is 0 Å². The Hall–Kier alpha value is -2.22. The third-order valence-corrected chi connectivity index (χ3v) is 4.44. The number of aromatic nitrogens is 2. The van der Waals surface area contributed by atoms with Crippen LogP contribution >= 0.6 is 11.6 Å². The van der Waals surface area contributed by atoms with Crippen molar-refractivity contribution in [1.82, 2.24) is 25.3 Å². The second-order valence-electron chi connectivity index (χ2n) is 6.15. The number of piperazine rings is 1. The van der Waals surface area contributed by atoms with Crippen LogP contribution in [0.2, 0.25) is 5.02 Å². The van der Waals surface area contributed by atoms with Crippen LogP contribution in [0.25, 0.3) is 11.5 Å². The molecule has 3 rings (SSSR count). The molecule has 26 heavy (non-hydrogen) atoms. The Balaban J connectivity index is 1.47. The zero-order valence-corrected chi connectivity index (χ0v) is 15.3. The maximum atomic E-state index is 11.7. The molecule has 0 saturated carbocycles. The summed E-state index contributed by atoms with van der Waals surface area (Å²) in [6.07, 6.45) is 1.68. The van der Waals surface area contributed by atoms with Gasteiger partial charge in [-0.25, -0.2) is 0 Å². The molecule has 0 aliphatic carbocycles. The number of carbonyl (C=O) groups excluding carboxylic acids is 1. The molecule has 2 heterocycles. The van der Waals surface area contributed by atoms with Crippen molar-refractivity contribution in [1.29, 1.82) is 0 Å². The van der Waals surface area contributed by atoms with Crippen LogP contribution in [-0.2, 0) is 11.3 Å². The minimum Gasteiger partial charge on any atom is -0.419 e. The second kappa shape index (κ2) is 8.93. The van der Waals surface area contributed by atoms with E-state index >= 15 is 0 Å². The van der Waals surface area contributed by atoms with Gasteiger partial charge in [0.15, 0.2) is 0 Å². The lowest BCUT2D eigenvalue weighted by Crippen LogP contribution is -2.49. The molecule has 7 nitrogen and oxygen atoms in total. The topological polar surface area (TPSA) is 74.5 Å². The fourth-order valence-corrected chi connectivity index (χ4v) is 2.89. The standard InChI is InChI=1S/C18H22ClN5O2/c1-2-7-20-16(25)12-23-8-10-24(11-9-23)13-17-21-22-18(26-17)14-3-5-15(19)6-4-14/h2-6H,1,7-13H2,(H,20,25). The van der Waals surface area contributed by atoms with Crippen LogP contribution in [0.3, 0.4) is 0 Å². The normalized spacial score (nSPS) is 15.7. The van der Waals surface area contributed by atoms with E-state index in [2.05, 4.69) is 31.9 Å². The highest BCUT2D eigenvalue weighted by molar-refractivity contribution is 6.30. The van der Waals surface area contributed by atoms with E-state index in [9.17, 15) is 4.79 Å². The first-order valence-corrected chi connectivity index (χ1v) is 8.92. The van der Waals surface area contributed by atoms with E-state index in [0.717, 1.165) is 31.7 Å². The van der Waals surface area contributed by atoms with Gasteiger partial charge >= 0.3 is 0 Å². The van der Waals surface area contributed by atoms with Crippen LogP contribution in [0.15, 0.2) is 41.3 Å². The molecule has 1 aromatic carbocycles. The summed E-state index contributed by atoms with van der Waals surface area (Å²) in [5.41, 5.74) is 0.850. The summed E-state index contributed by atoms with van der Waals surface area (Å²) in [5.74, 6) is 1.11. The molecule has 1 saturated heterocycles. The van der Waals surface area contributed by atoms with Crippen LogP contribution in [0.1, 0.15) is 5.89 Å². The predicted molar refractivity (Wildman–Crippen MR) is 99.7 cm³/mol. The molecule has 1 N–H and O–H groups in total. The number of rotatable bonds is 7. The molecule has 2 aromatic rings. The van der Waals surface area contributed by atoms with Gasteiger partial charge in [-0.3, -0.25) is 14.6 Å². The zero-order chi connectivity index (χ0) is 18.4. The number of hydrogen-bond donors (Lipinski definition) is 1. The highest BCUT2D eigenvalue weighted by Crippen LogP contribution is 2.20. The number of nitrogens with zero attached hydrogens (tertiary/aromatic N) is 4. The van der Waals surface area contributed by atoms with Crippen molar-refractivity contribution >= 4 is 17.5 Å². The van der Waals surface area contributed by atoms with Crippen molar-refractivity contribution in [3.8, 4) is 11.5 Å². The summed E-state index contributed by atoms with van der Waals surface area (Å²) in [5, 5.41) is 11.7. The monoisotopic (exact) mass is 375 g/mol. The SMILES string of the molecule is C=CCNC(=O)CN1CCN(Cc2nnc(-c3ccc(Cl)cc3)o2)CC1. The molecule has 0 spiro atoms. The van der Waals surface area contributed by atoms with Gasteiger partial charge in [0.25, 0.3) is 0 Å². The minimum absolute atomic E-state index is 0.0304. The van der Waals surface area contributed by atoms with Crippen LogP contribution < -0.4 is 5.32 Å². The first-order valence-electron chi connectivity index (χ1n) is 8.54. The predicted octanol–water partition coefficient (Wildman–Crippen LogP) is 1.81. The van der Waals surface area contributed by atoms with E-state index in [1.165, 1.54) is 0 Å². The maximum Gasteiger partial charge on any atom is 0.247 e. The minimum atomic E-state index is 0.0304. The number of carbonyl (C=O) groups is 1. The van der Waals surface area contributed by atoms with Crippen molar-refractivity contribution in [2.45, 2.75) is 6.54 Å². The average molecular weight is 376 g/mol. The summed E-state index contributed by atoms with van der Waals surface area (Å²) >= 11 is 5.89. The molecule has 1 fully saturated rings. The first-order chi connectivity index (χ1) is 12.6. The summed E-state index contributed by atoms with van der Waals surface area (Å²) in [4.78, 5) is 16.1. The molecular formula is C18H22ClN5O2. The lowest BCUT2D eigenvalue weighted by atomic mass is 10.2. The van der Waals surface area contributed by atoms with Crippen molar-refractivity contribution in [2.24, 2.45) is 0 Å². The maximum absolute atomic E-state index is 11.7. The Labute approximate surface area is 157 Å². The van der Waals surface area contributed by atoms with E-state index in [-0.39, 0.29) is 5.91 Å². The Morgan fingerprint density at radius 2 is 1.88 bits per heavy atom. The quantitative estimate of drug-likeness (QED) is 0.744. The molecule has 0 atom stereocenters. The van der Waals surface area contributed by atoms with Gasteiger partial charge in [0, 0.05) is 43.3 Å². The molecule has 0 radical (unpaired) electrons. The fourth-order valence-electron chi connectivity index (χ4n) is 2.77. The third kappa shape index (κ3) is 5.14. The van der Waals surface area contributed by atoms with Crippen molar-refractivity contribution in [3.05, 3.63) is 47.8 Å². The Kier molecular flexibility index (Phi) is 6.38. The molecule has 138 valence electrons. The fraction of sp³-hybridized carbons (Fsp3) is 0.389. The number of hydrogen-bond acceptors (Lipinski definition) is 6. The number of nitrogens with one attached hydrogen (secondary N) is 1. The van der Waals surface area contributed by atoms with E-state index in [1.807, 2.05) is 12.1 Å². The Morgan fingerprint density at radius 1 is 1.19 bits per heavy atom. The molecule has 1 aromatic heterocycles. The van der Waals surface area contributed by atoms with Gasteiger partial charge < -0.3 is 9.73 Å². The first kappa shape index (κ1) is 18.6. The molecular weight excluding hydrogens is 354 g/mol. The van der Waals surface area contributed by atoms with Crippen LogP contribution in [0.4, 0.5) is 0 Å². The van der Waals surface area contributed by atoms with Crippen LogP contribution in [0, 0.1) is 0 Å². The third-order valence-electron chi connectivity index (χ3n) is 4.19. The molecule has 1 aliphatic heterocycles. The number of benzene rings is 1. The van der Waals surface area contributed by atoms with Gasteiger partial charge in [-0.15, -0.1) is 16.8 Å². The highest BCUT2D eigenvalue weighted by atomic mass is 35.5. The van der Waals surface area contributed by atoms with Gasteiger partial charge in [-0.05, 0) is 24.3 Å². The smallest absolute Gasteiger partial charge is 0.247 e. The molecule has 0 bridgehead atoms.